The highest BCUT2D eigenvalue weighted by Gasteiger charge is 2.49. The molecule has 2 fully saturated rings. The molecular formula is C16H24N2O2. The number of nitrogens with zero attached hydrogens (tertiary/aromatic N) is 1. The summed E-state index contributed by atoms with van der Waals surface area (Å²) in [4.78, 5) is 27.0. The van der Waals surface area contributed by atoms with Gasteiger partial charge in [0.1, 0.15) is 12.1 Å². The molecule has 2 aliphatic rings. The summed E-state index contributed by atoms with van der Waals surface area (Å²) >= 11 is 0. The lowest BCUT2D eigenvalue weighted by Gasteiger charge is -2.44. The predicted molar refractivity (Wildman–Crippen MR) is 77.7 cm³/mol. The van der Waals surface area contributed by atoms with Crippen LogP contribution in [0.1, 0.15) is 46.5 Å². The average molecular weight is 276 g/mol. The van der Waals surface area contributed by atoms with Crippen LogP contribution in [0, 0.1) is 24.2 Å². The van der Waals surface area contributed by atoms with E-state index in [2.05, 4.69) is 11.2 Å². The highest BCUT2D eigenvalue weighted by Crippen LogP contribution is 2.36. The van der Waals surface area contributed by atoms with Gasteiger partial charge in [-0.3, -0.25) is 9.59 Å². The summed E-state index contributed by atoms with van der Waals surface area (Å²) in [5, 5.41) is 2.93. The van der Waals surface area contributed by atoms with E-state index in [1.807, 2.05) is 20.8 Å². The maximum atomic E-state index is 12.8. The van der Waals surface area contributed by atoms with Crippen molar-refractivity contribution in [2.24, 2.45) is 11.8 Å². The van der Waals surface area contributed by atoms with Gasteiger partial charge in [-0.1, -0.05) is 20.8 Å². The van der Waals surface area contributed by atoms with Crippen molar-refractivity contribution >= 4 is 11.8 Å². The molecule has 1 saturated carbocycles. The number of carbonyl (C=O) groups is 2. The molecule has 4 nitrogen and oxygen atoms in total. The van der Waals surface area contributed by atoms with E-state index in [-0.39, 0.29) is 29.8 Å². The van der Waals surface area contributed by atoms with Crippen LogP contribution in [-0.2, 0) is 9.59 Å². The van der Waals surface area contributed by atoms with Crippen LogP contribution < -0.4 is 5.32 Å². The lowest BCUT2D eigenvalue weighted by atomic mass is 9.92. The SMILES string of the molecule is C#CCC(CC)N1C(=O)C(C2CC2)NC(=O)C1C(C)C. The van der Waals surface area contributed by atoms with E-state index in [0.717, 1.165) is 19.3 Å². The maximum absolute atomic E-state index is 12.8. The molecule has 1 heterocycles. The molecule has 1 saturated heterocycles. The van der Waals surface area contributed by atoms with Gasteiger partial charge < -0.3 is 10.2 Å². The smallest absolute Gasteiger partial charge is 0.246 e. The van der Waals surface area contributed by atoms with E-state index in [0.29, 0.717) is 12.3 Å². The van der Waals surface area contributed by atoms with Gasteiger partial charge >= 0.3 is 0 Å². The van der Waals surface area contributed by atoms with Gasteiger partial charge in [-0.15, -0.1) is 12.3 Å². The van der Waals surface area contributed by atoms with Gasteiger partial charge in [0.25, 0.3) is 0 Å². The van der Waals surface area contributed by atoms with E-state index in [1.165, 1.54) is 0 Å². The predicted octanol–water partition coefficient (Wildman–Crippen LogP) is 1.55. The Kier molecular flexibility index (Phi) is 4.37. The average Bonchev–Trinajstić information content (AvgIpc) is 3.22. The van der Waals surface area contributed by atoms with Gasteiger partial charge in [-0.05, 0) is 31.1 Å². The number of rotatable bonds is 5. The van der Waals surface area contributed by atoms with Crippen LogP contribution in [0.4, 0.5) is 0 Å². The monoisotopic (exact) mass is 276 g/mol. The molecule has 0 aromatic heterocycles. The molecule has 3 unspecified atom stereocenters. The van der Waals surface area contributed by atoms with Gasteiger partial charge in [-0.25, -0.2) is 0 Å². The van der Waals surface area contributed by atoms with Crippen LogP contribution in [0.3, 0.4) is 0 Å². The molecule has 1 aliphatic carbocycles. The highest BCUT2D eigenvalue weighted by molar-refractivity contribution is 5.97. The standard InChI is InChI=1S/C16H24N2O2/c1-5-7-12(6-2)18-14(10(3)4)15(19)17-13(16(18)20)11-8-9-11/h1,10-14H,6-9H2,2-4H3,(H,17,19). The third kappa shape index (κ3) is 2.67. The quantitative estimate of drug-likeness (QED) is 0.775. The summed E-state index contributed by atoms with van der Waals surface area (Å²) < 4.78 is 0. The number of terminal acetylenes is 1. The van der Waals surface area contributed by atoms with Crippen molar-refractivity contribution in [2.75, 3.05) is 0 Å². The minimum absolute atomic E-state index is 0.0213. The van der Waals surface area contributed by atoms with Crippen LogP contribution in [0.25, 0.3) is 0 Å². The van der Waals surface area contributed by atoms with E-state index in [1.54, 1.807) is 4.90 Å². The number of nitrogens with one attached hydrogen (secondary N) is 1. The molecule has 20 heavy (non-hydrogen) atoms. The summed E-state index contributed by atoms with van der Waals surface area (Å²) in [5.74, 6) is 3.10. The Morgan fingerprint density at radius 2 is 2.05 bits per heavy atom. The van der Waals surface area contributed by atoms with E-state index in [9.17, 15) is 9.59 Å². The fourth-order valence-corrected chi connectivity index (χ4v) is 3.08. The van der Waals surface area contributed by atoms with Crippen molar-refractivity contribution in [1.29, 1.82) is 0 Å². The number of hydrogen-bond donors (Lipinski definition) is 1. The van der Waals surface area contributed by atoms with Gasteiger partial charge in [0, 0.05) is 12.5 Å². The van der Waals surface area contributed by atoms with E-state index < -0.39 is 6.04 Å². The Bertz CT molecular complexity index is 434. The van der Waals surface area contributed by atoms with Crippen molar-refractivity contribution in [3.05, 3.63) is 0 Å². The van der Waals surface area contributed by atoms with Crippen LogP contribution in [0.2, 0.25) is 0 Å². The molecule has 0 spiro atoms. The first-order valence-corrected chi connectivity index (χ1v) is 7.57. The Morgan fingerprint density at radius 1 is 1.40 bits per heavy atom. The second-order valence-electron chi connectivity index (χ2n) is 6.23. The third-order valence-corrected chi connectivity index (χ3v) is 4.33. The zero-order valence-corrected chi connectivity index (χ0v) is 12.6. The first-order valence-electron chi connectivity index (χ1n) is 7.57. The summed E-state index contributed by atoms with van der Waals surface area (Å²) in [5.41, 5.74) is 0. The number of carbonyl (C=O) groups excluding carboxylic acids is 2. The summed E-state index contributed by atoms with van der Waals surface area (Å²) in [6.45, 7) is 5.97. The summed E-state index contributed by atoms with van der Waals surface area (Å²) in [6, 6.07) is -0.757. The molecule has 0 aromatic rings. The minimum atomic E-state index is -0.393. The van der Waals surface area contributed by atoms with Crippen molar-refractivity contribution < 1.29 is 9.59 Å². The molecule has 0 aromatic carbocycles. The Hall–Kier alpha value is -1.50. The summed E-state index contributed by atoms with van der Waals surface area (Å²) in [6.07, 6.45) is 8.78. The first kappa shape index (κ1) is 14.9. The molecule has 0 bridgehead atoms. The van der Waals surface area contributed by atoms with Gasteiger partial charge in [-0.2, -0.15) is 0 Å². The lowest BCUT2D eigenvalue weighted by Crippen LogP contribution is -2.67. The first-order chi connectivity index (χ1) is 9.51. The third-order valence-electron chi connectivity index (χ3n) is 4.33. The van der Waals surface area contributed by atoms with Gasteiger partial charge in [0.05, 0.1) is 0 Å². The fourth-order valence-electron chi connectivity index (χ4n) is 3.08. The van der Waals surface area contributed by atoms with Gasteiger partial charge in [0.15, 0.2) is 0 Å². The summed E-state index contributed by atoms with van der Waals surface area (Å²) in [7, 11) is 0. The number of amides is 2. The van der Waals surface area contributed by atoms with Gasteiger partial charge in [0.2, 0.25) is 11.8 Å². The molecule has 0 radical (unpaired) electrons. The molecule has 2 amide bonds. The van der Waals surface area contributed by atoms with Crippen molar-refractivity contribution in [2.45, 2.75) is 64.6 Å². The zero-order valence-electron chi connectivity index (χ0n) is 12.6. The van der Waals surface area contributed by atoms with Crippen LogP contribution in [-0.4, -0.2) is 34.8 Å². The molecule has 4 heteroatoms. The second-order valence-corrected chi connectivity index (χ2v) is 6.23. The van der Waals surface area contributed by atoms with Crippen molar-refractivity contribution in [1.82, 2.24) is 10.2 Å². The van der Waals surface area contributed by atoms with Crippen LogP contribution >= 0.6 is 0 Å². The minimum Gasteiger partial charge on any atom is -0.342 e. The lowest BCUT2D eigenvalue weighted by molar-refractivity contribution is -0.154. The second kappa shape index (κ2) is 5.87. The molecular weight excluding hydrogens is 252 g/mol. The molecule has 1 N–H and O–H groups in total. The van der Waals surface area contributed by atoms with Crippen LogP contribution in [0.5, 0.6) is 0 Å². The zero-order chi connectivity index (χ0) is 14.9. The molecule has 3 atom stereocenters. The maximum Gasteiger partial charge on any atom is 0.246 e. The van der Waals surface area contributed by atoms with E-state index in [4.69, 9.17) is 6.42 Å². The van der Waals surface area contributed by atoms with E-state index >= 15 is 0 Å². The normalized spacial score (nSPS) is 28.2. The highest BCUT2D eigenvalue weighted by atomic mass is 16.2. The Morgan fingerprint density at radius 3 is 2.50 bits per heavy atom. The van der Waals surface area contributed by atoms with Crippen molar-refractivity contribution in [3.8, 4) is 12.3 Å². The van der Waals surface area contributed by atoms with Crippen molar-refractivity contribution in [3.63, 3.8) is 0 Å². The topological polar surface area (TPSA) is 49.4 Å². The molecule has 2 rings (SSSR count). The Labute approximate surface area is 121 Å². The number of piperazine rings is 1. The largest absolute Gasteiger partial charge is 0.342 e. The Balaban J connectivity index is 2.30. The number of hydrogen-bond acceptors (Lipinski definition) is 2. The fraction of sp³-hybridized carbons (Fsp3) is 0.750. The van der Waals surface area contributed by atoms with Crippen LogP contribution in [0.15, 0.2) is 0 Å². The molecule has 110 valence electrons. The molecule has 1 aliphatic heterocycles.